The fraction of sp³-hybridized carbons (Fsp3) is 0.222. The van der Waals surface area contributed by atoms with E-state index >= 15 is 0 Å². The third-order valence-corrected chi connectivity index (χ3v) is 2.39. The molecule has 0 saturated heterocycles. The fourth-order valence-electron chi connectivity index (χ4n) is 1.26. The van der Waals surface area contributed by atoms with Crippen LogP contribution in [0.5, 0.6) is 0 Å². The zero-order valence-electron chi connectivity index (χ0n) is 9.08. The van der Waals surface area contributed by atoms with Gasteiger partial charge in [-0.3, -0.25) is 10.0 Å². The van der Waals surface area contributed by atoms with Crippen LogP contribution in [0.4, 0.5) is 0 Å². The van der Waals surface area contributed by atoms with Gasteiger partial charge < -0.3 is 14.9 Å². The second-order valence-corrected chi connectivity index (χ2v) is 4.56. The Hall–Kier alpha value is -1.28. The maximum atomic E-state index is 10.9. The molecule has 0 unspecified atom stereocenters. The van der Waals surface area contributed by atoms with E-state index in [2.05, 4.69) is 4.62 Å². The standard InChI is InChI=1S/C9H12NO7P/c11-9(12)8(10(13)17-18(14,15)16)6-7-4-2-1-3-5-7/h1-5,8,13H,6H2,(H,11,12)(H2,14,15,16)/t8-/m0/s1. The quantitative estimate of drug-likeness (QED) is 0.434. The smallest absolute Gasteiger partial charge is 0.480 e. The van der Waals surface area contributed by atoms with Crippen LogP contribution < -0.4 is 0 Å². The highest BCUT2D eigenvalue weighted by molar-refractivity contribution is 7.46. The number of carboxylic acids is 1. The van der Waals surface area contributed by atoms with E-state index in [1.165, 1.54) is 0 Å². The molecule has 0 aliphatic heterocycles. The molecule has 0 aromatic heterocycles. The molecule has 0 aliphatic carbocycles. The number of phosphoric acid groups is 1. The van der Waals surface area contributed by atoms with Crippen molar-refractivity contribution in [3.8, 4) is 0 Å². The van der Waals surface area contributed by atoms with Gasteiger partial charge in [0, 0.05) is 6.42 Å². The summed E-state index contributed by atoms with van der Waals surface area (Å²) >= 11 is 0. The van der Waals surface area contributed by atoms with E-state index in [1.54, 1.807) is 30.3 Å². The van der Waals surface area contributed by atoms with Gasteiger partial charge in [0.2, 0.25) is 0 Å². The zero-order valence-corrected chi connectivity index (χ0v) is 9.97. The summed E-state index contributed by atoms with van der Waals surface area (Å²) in [5, 5.41) is 17.7. The molecular formula is C9H12NO7P. The summed E-state index contributed by atoms with van der Waals surface area (Å²) in [5.41, 5.74) is 0.568. The highest BCUT2D eigenvalue weighted by atomic mass is 31.2. The molecule has 0 bridgehead atoms. The van der Waals surface area contributed by atoms with Crippen LogP contribution in [0.3, 0.4) is 0 Å². The molecule has 0 saturated carbocycles. The summed E-state index contributed by atoms with van der Waals surface area (Å²) in [6, 6.07) is 6.66. The molecule has 0 aliphatic rings. The first-order chi connectivity index (χ1) is 8.29. The van der Waals surface area contributed by atoms with Gasteiger partial charge in [-0.15, -0.1) is 0 Å². The molecule has 0 fully saturated rings. The Morgan fingerprint density at radius 2 is 1.89 bits per heavy atom. The van der Waals surface area contributed by atoms with Gasteiger partial charge >= 0.3 is 13.8 Å². The number of hydrogen-bond acceptors (Lipinski definition) is 5. The number of rotatable bonds is 6. The zero-order chi connectivity index (χ0) is 13.8. The van der Waals surface area contributed by atoms with E-state index in [4.69, 9.17) is 14.9 Å². The summed E-state index contributed by atoms with van der Waals surface area (Å²) < 4.78 is 14.3. The number of carbonyl (C=O) groups is 1. The van der Waals surface area contributed by atoms with Gasteiger partial charge in [-0.25, -0.2) is 4.57 Å². The van der Waals surface area contributed by atoms with Crippen LogP contribution in [-0.2, 0) is 20.4 Å². The van der Waals surface area contributed by atoms with E-state index in [-0.39, 0.29) is 11.6 Å². The Morgan fingerprint density at radius 3 is 2.33 bits per heavy atom. The molecule has 0 heterocycles. The van der Waals surface area contributed by atoms with Crippen LogP contribution >= 0.6 is 7.82 Å². The van der Waals surface area contributed by atoms with Crippen LogP contribution in [0, 0.1) is 0 Å². The lowest BCUT2D eigenvalue weighted by Crippen LogP contribution is -2.40. The summed E-state index contributed by atoms with van der Waals surface area (Å²) in [7, 11) is -5.01. The van der Waals surface area contributed by atoms with E-state index < -0.39 is 19.8 Å². The van der Waals surface area contributed by atoms with E-state index in [9.17, 15) is 14.6 Å². The minimum absolute atomic E-state index is 0.174. The molecule has 1 rings (SSSR count). The van der Waals surface area contributed by atoms with E-state index in [0.717, 1.165) is 0 Å². The Kier molecular flexibility index (Phi) is 4.97. The van der Waals surface area contributed by atoms with Crippen LogP contribution in [-0.4, -0.2) is 37.3 Å². The van der Waals surface area contributed by atoms with Gasteiger partial charge in [-0.05, 0) is 10.8 Å². The normalized spacial score (nSPS) is 13.6. The highest BCUT2D eigenvalue weighted by Crippen LogP contribution is 2.37. The van der Waals surface area contributed by atoms with Gasteiger partial charge in [-0.2, -0.15) is 4.62 Å². The van der Waals surface area contributed by atoms with Gasteiger partial charge in [0.05, 0.1) is 0 Å². The molecule has 1 aromatic carbocycles. The number of nitrogens with zero attached hydrogens (tertiary/aromatic N) is 1. The maximum Gasteiger partial charge on any atom is 0.488 e. The minimum Gasteiger partial charge on any atom is -0.480 e. The minimum atomic E-state index is -5.01. The Morgan fingerprint density at radius 1 is 1.33 bits per heavy atom. The van der Waals surface area contributed by atoms with Crippen molar-refractivity contribution in [2.75, 3.05) is 0 Å². The summed E-state index contributed by atoms with van der Waals surface area (Å²) in [5.74, 6) is -1.48. The van der Waals surface area contributed by atoms with Crippen molar-refractivity contribution in [2.24, 2.45) is 0 Å². The molecule has 9 heteroatoms. The average Bonchev–Trinajstić information content (AvgIpc) is 2.24. The van der Waals surface area contributed by atoms with Crippen molar-refractivity contribution in [2.45, 2.75) is 12.5 Å². The topological polar surface area (TPSA) is 128 Å². The van der Waals surface area contributed by atoms with Crippen molar-refractivity contribution < 1.29 is 34.1 Å². The lowest BCUT2D eigenvalue weighted by atomic mass is 10.1. The number of hydroxylamine groups is 2. The van der Waals surface area contributed by atoms with Crippen molar-refractivity contribution in [3.63, 3.8) is 0 Å². The van der Waals surface area contributed by atoms with Crippen molar-refractivity contribution >= 4 is 13.8 Å². The molecule has 0 amide bonds. The summed E-state index contributed by atoms with van der Waals surface area (Å²) in [4.78, 5) is 27.9. The molecular weight excluding hydrogens is 265 g/mol. The van der Waals surface area contributed by atoms with Crippen LogP contribution in [0.25, 0.3) is 0 Å². The Bertz CT molecular complexity index is 445. The highest BCUT2D eigenvalue weighted by Gasteiger charge is 2.31. The SMILES string of the molecule is O=C(O)[C@H](Cc1ccccc1)N(O)OP(=O)(O)O. The van der Waals surface area contributed by atoms with Crippen LogP contribution in [0.15, 0.2) is 30.3 Å². The van der Waals surface area contributed by atoms with Crippen LogP contribution in [0.1, 0.15) is 5.56 Å². The third kappa shape index (κ3) is 4.92. The number of carboxylic acid groups (broad SMARTS) is 1. The number of aliphatic carboxylic acids is 1. The third-order valence-electron chi connectivity index (χ3n) is 2.01. The van der Waals surface area contributed by atoms with Crippen molar-refractivity contribution in [1.29, 1.82) is 0 Å². The van der Waals surface area contributed by atoms with Gasteiger partial charge in [0.1, 0.15) is 0 Å². The number of hydrogen-bond donors (Lipinski definition) is 4. The molecule has 8 nitrogen and oxygen atoms in total. The summed E-state index contributed by atoms with van der Waals surface area (Å²) in [6.45, 7) is 0. The van der Waals surface area contributed by atoms with Crippen molar-refractivity contribution in [1.82, 2.24) is 5.23 Å². The second-order valence-electron chi connectivity index (χ2n) is 3.42. The number of benzene rings is 1. The van der Waals surface area contributed by atoms with Gasteiger partial charge in [0.25, 0.3) is 0 Å². The molecule has 1 atom stereocenters. The first kappa shape index (κ1) is 14.8. The lowest BCUT2D eigenvalue weighted by molar-refractivity contribution is -0.311. The molecule has 18 heavy (non-hydrogen) atoms. The first-order valence-electron chi connectivity index (χ1n) is 4.79. The van der Waals surface area contributed by atoms with Gasteiger partial charge in [-0.1, -0.05) is 30.3 Å². The molecule has 100 valence electrons. The Balaban J connectivity index is 2.78. The second kappa shape index (κ2) is 6.05. The first-order valence-corrected chi connectivity index (χ1v) is 6.33. The fourth-order valence-corrected chi connectivity index (χ4v) is 1.59. The lowest BCUT2D eigenvalue weighted by Gasteiger charge is -2.21. The summed E-state index contributed by atoms with van der Waals surface area (Å²) in [6.07, 6.45) is -0.174. The molecule has 0 spiro atoms. The molecule has 1 aromatic rings. The van der Waals surface area contributed by atoms with E-state index in [0.29, 0.717) is 5.56 Å². The monoisotopic (exact) mass is 277 g/mol. The van der Waals surface area contributed by atoms with Gasteiger partial charge in [0.15, 0.2) is 6.04 Å². The largest absolute Gasteiger partial charge is 0.488 e. The molecule has 4 N–H and O–H groups in total. The predicted octanol–water partition coefficient (Wildman–Crippen LogP) is 0.398. The van der Waals surface area contributed by atoms with E-state index in [1.807, 2.05) is 0 Å². The predicted molar refractivity (Wildman–Crippen MR) is 58.3 cm³/mol. The average molecular weight is 277 g/mol. The Labute approximate surface area is 102 Å². The molecule has 0 radical (unpaired) electrons. The van der Waals surface area contributed by atoms with Crippen molar-refractivity contribution in [3.05, 3.63) is 35.9 Å². The maximum absolute atomic E-state index is 10.9. The van der Waals surface area contributed by atoms with Crippen LogP contribution in [0.2, 0.25) is 0 Å².